The second-order valence-corrected chi connectivity index (χ2v) is 6.51. The Morgan fingerprint density at radius 1 is 1.17 bits per heavy atom. The van der Waals surface area contributed by atoms with Crippen LogP contribution in [0, 0.1) is 0 Å². The molecule has 0 atom stereocenters. The fraction of sp³-hybridized carbons (Fsp3) is 0.200. The van der Waals surface area contributed by atoms with E-state index in [1.54, 1.807) is 31.2 Å². The van der Waals surface area contributed by atoms with Gasteiger partial charge in [0, 0.05) is 28.3 Å². The van der Waals surface area contributed by atoms with Crippen LogP contribution in [0.5, 0.6) is 0 Å². The van der Waals surface area contributed by atoms with Gasteiger partial charge in [-0.25, -0.2) is 9.79 Å². The van der Waals surface area contributed by atoms with Crippen LogP contribution in [0.4, 0.5) is 5.69 Å². The SMILES string of the molecule is CO.COC(=O)C(C)=NNC1=Nc2ccc(Cl)cc2C(c2ccccc2Cl)=NC1. The molecule has 2 aromatic rings. The van der Waals surface area contributed by atoms with E-state index < -0.39 is 5.97 Å². The Morgan fingerprint density at radius 3 is 2.59 bits per heavy atom. The molecule has 0 amide bonds. The van der Waals surface area contributed by atoms with E-state index in [-0.39, 0.29) is 12.3 Å². The molecule has 0 spiro atoms. The van der Waals surface area contributed by atoms with Crippen LogP contribution in [0.1, 0.15) is 18.1 Å². The molecule has 0 radical (unpaired) electrons. The maximum Gasteiger partial charge on any atom is 0.353 e. The molecule has 152 valence electrons. The summed E-state index contributed by atoms with van der Waals surface area (Å²) in [6, 6.07) is 12.8. The molecule has 0 aliphatic carbocycles. The van der Waals surface area contributed by atoms with Crippen molar-refractivity contribution in [2.24, 2.45) is 15.1 Å². The van der Waals surface area contributed by atoms with Crippen LogP contribution in [0.25, 0.3) is 0 Å². The fourth-order valence-corrected chi connectivity index (χ4v) is 2.90. The minimum Gasteiger partial charge on any atom is -0.464 e. The number of fused-ring (bicyclic) bond motifs is 1. The molecule has 0 bridgehead atoms. The summed E-state index contributed by atoms with van der Waals surface area (Å²) < 4.78 is 4.63. The van der Waals surface area contributed by atoms with Gasteiger partial charge in [0.05, 0.1) is 25.1 Å². The van der Waals surface area contributed by atoms with E-state index >= 15 is 0 Å². The lowest BCUT2D eigenvalue weighted by atomic mass is 10.0. The molecule has 0 unspecified atom stereocenters. The summed E-state index contributed by atoms with van der Waals surface area (Å²) >= 11 is 12.6. The third-order valence-corrected chi connectivity index (χ3v) is 4.38. The largest absolute Gasteiger partial charge is 0.464 e. The average molecular weight is 435 g/mol. The van der Waals surface area contributed by atoms with Crippen LogP contribution in [-0.4, -0.2) is 49.1 Å². The molecule has 3 rings (SSSR count). The molecular formula is C20H20Cl2N4O3. The highest BCUT2D eigenvalue weighted by Crippen LogP contribution is 2.30. The van der Waals surface area contributed by atoms with Crippen LogP contribution in [0.3, 0.4) is 0 Å². The number of esters is 1. The Kier molecular flexibility index (Phi) is 8.33. The number of rotatable bonds is 3. The summed E-state index contributed by atoms with van der Waals surface area (Å²) in [7, 11) is 2.30. The van der Waals surface area contributed by atoms with Gasteiger partial charge in [0.15, 0.2) is 0 Å². The first-order chi connectivity index (χ1) is 14.0. The number of carbonyl (C=O) groups is 1. The summed E-state index contributed by atoms with van der Waals surface area (Å²) in [6.45, 7) is 1.77. The van der Waals surface area contributed by atoms with Crippen molar-refractivity contribution in [3.63, 3.8) is 0 Å². The van der Waals surface area contributed by atoms with Gasteiger partial charge >= 0.3 is 5.97 Å². The zero-order valence-electron chi connectivity index (χ0n) is 16.1. The number of benzene rings is 2. The topological polar surface area (TPSA) is 95.6 Å². The van der Waals surface area contributed by atoms with Crippen molar-refractivity contribution >= 4 is 52.1 Å². The molecule has 1 heterocycles. The molecule has 0 saturated carbocycles. The van der Waals surface area contributed by atoms with Crippen LogP contribution in [0.2, 0.25) is 10.0 Å². The smallest absolute Gasteiger partial charge is 0.353 e. The van der Waals surface area contributed by atoms with Gasteiger partial charge in [-0.15, -0.1) is 0 Å². The molecule has 0 fully saturated rings. The number of amidine groups is 1. The number of ether oxygens (including phenoxy) is 1. The van der Waals surface area contributed by atoms with Gasteiger partial charge in [-0.1, -0.05) is 41.4 Å². The first-order valence-corrected chi connectivity index (χ1v) is 9.25. The maximum atomic E-state index is 11.5. The molecule has 0 saturated heterocycles. The van der Waals surface area contributed by atoms with Crippen molar-refractivity contribution in [3.05, 3.63) is 63.6 Å². The van der Waals surface area contributed by atoms with Gasteiger partial charge < -0.3 is 9.84 Å². The van der Waals surface area contributed by atoms with Crippen LogP contribution in [-0.2, 0) is 9.53 Å². The van der Waals surface area contributed by atoms with Gasteiger partial charge in [0.1, 0.15) is 11.5 Å². The number of aliphatic hydroxyl groups excluding tert-OH is 1. The number of nitrogens with zero attached hydrogens (tertiary/aromatic N) is 3. The highest BCUT2D eigenvalue weighted by molar-refractivity contribution is 6.37. The van der Waals surface area contributed by atoms with E-state index in [2.05, 4.69) is 25.2 Å². The van der Waals surface area contributed by atoms with E-state index in [4.69, 9.17) is 28.3 Å². The number of halogens is 2. The van der Waals surface area contributed by atoms with Crippen molar-refractivity contribution in [1.82, 2.24) is 5.43 Å². The van der Waals surface area contributed by atoms with Crippen molar-refractivity contribution in [1.29, 1.82) is 0 Å². The zero-order valence-corrected chi connectivity index (χ0v) is 17.6. The monoisotopic (exact) mass is 434 g/mol. The van der Waals surface area contributed by atoms with E-state index in [1.165, 1.54) is 7.11 Å². The van der Waals surface area contributed by atoms with Crippen LogP contribution in [0.15, 0.2) is 57.6 Å². The van der Waals surface area contributed by atoms with Gasteiger partial charge in [-0.05, 0) is 31.2 Å². The summed E-state index contributed by atoms with van der Waals surface area (Å²) in [6.07, 6.45) is 0. The van der Waals surface area contributed by atoms with E-state index in [1.807, 2.05) is 18.2 Å². The number of hydrazone groups is 1. The second kappa shape index (κ2) is 10.7. The lowest BCUT2D eigenvalue weighted by Gasteiger charge is -2.10. The first kappa shape index (κ1) is 22.5. The molecule has 2 aromatic carbocycles. The van der Waals surface area contributed by atoms with Gasteiger partial charge in [0.2, 0.25) is 0 Å². The predicted octanol–water partition coefficient (Wildman–Crippen LogP) is 3.62. The van der Waals surface area contributed by atoms with E-state index in [0.717, 1.165) is 18.2 Å². The highest BCUT2D eigenvalue weighted by atomic mass is 35.5. The Balaban J connectivity index is 0.00000145. The minimum atomic E-state index is -0.524. The Bertz CT molecular complexity index is 987. The first-order valence-electron chi connectivity index (χ1n) is 8.49. The number of hydrogen-bond donors (Lipinski definition) is 2. The van der Waals surface area contributed by atoms with Gasteiger partial charge in [0.25, 0.3) is 0 Å². The predicted molar refractivity (Wildman–Crippen MR) is 117 cm³/mol. The Hall–Kier alpha value is -2.74. The maximum absolute atomic E-state index is 11.5. The second-order valence-electron chi connectivity index (χ2n) is 5.67. The highest BCUT2D eigenvalue weighted by Gasteiger charge is 2.18. The molecular weight excluding hydrogens is 415 g/mol. The third kappa shape index (κ3) is 5.63. The number of carbonyl (C=O) groups excluding carboxylic acids is 1. The molecule has 2 N–H and O–H groups in total. The Morgan fingerprint density at radius 2 is 1.90 bits per heavy atom. The van der Waals surface area contributed by atoms with Gasteiger partial charge in [-0.2, -0.15) is 5.10 Å². The fourth-order valence-electron chi connectivity index (χ4n) is 2.50. The van der Waals surface area contributed by atoms with E-state index in [0.29, 0.717) is 27.3 Å². The quantitative estimate of drug-likeness (QED) is 0.437. The molecule has 29 heavy (non-hydrogen) atoms. The normalized spacial score (nSPS) is 13.1. The molecule has 1 aliphatic rings. The summed E-state index contributed by atoms with van der Waals surface area (Å²) in [5, 5.41) is 12.2. The summed E-state index contributed by atoms with van der Waals surface area (Å²) in [5.74, 6) is -0.0481. The summed E-state index contributed by atoms with van der Waals surface area (Å²) in [4.78, 5) is 20.7. The minimum absolute atomic E-state index is 0.177. The van der Waals surface area contributed by atoms with Crippen molar-refractivity contribution in [2.75, 3.05) is 20.8 Å². The standard InChI is InChI=1S/C19H16Cl2N4O2.CH4O/c1-11(19(26)27-2)24-25-17-10-22-18(13-5-3-4-6-15(13)21)14-9-12(20)7-8-16(14)23-17;1-2/h3-9H,10H2,1-2H3,(H,23,25);2H,1H3. The number of methoxy groups -OCH3 is 1. The zero-order chi connectivity index (χ0) is 21.4. The van der Waals surface area contributed by atoms with Crippen LogP contribution < -0.4 is 5.43 Å². The number of nitrogens with one attached hydrogen (secondary N) is 1. The van der Waals surface area contributed by atoms with Crippen molar-refractivity contribution in [2.45, 2.75) is 6.92 Å². The van der Waals surface area contributed by atoms with Crippen molar-refractivity contribution < 1.29 is 14.6 Å². The lowest BCUT2D eigenvalue weighted by Crippen LogP contribution is -2.24. The number of aliphatic imine (C=N–C) groups is 2. The number of aliphatic hydroxyl groups is 1. The number of hydrogen-bond acceptors (Lipinski definition) is 7. The molecule has 9 heteroatoms. The van der Waals surface area contributed by atoms with Gasteiger partial charge in [-0.3, -0.25) is 10.4 Å². The Labute approximate surface area is 178 Å². The molecule has 1 aliphatic heterocycles. The van der Waals surface area contributed by atoms with E-state index in [9.17, 15) is 4.79 Å². The lowest BCUT2D eigenvalue weighted by molar-refractivity contribution is -0.132. The third-order valence-electron chi connectivity index (χ3n) is 3.82. The van der Waals surface area contributed by atoms with Crippen LogP contribution >= 0.6 is 23.2 Å². The average Bonchev–Trinajstić information content (AvgIpc) is 2.92. The molecule has 0 aromatic heterocycles. The molecule has 7 nitrogen and oxygen atoms in total. The van der Waals surface area contributed by atoms with Crippen molar-refractivity contribution in [3.8, 4) is 0 Å². The summed E-state index contributed by atoms with van der Waals surface area (Å²) in [5.41, 5.74) is 5.87.